The second-order valence-corrected chi connectivity index (χ2v) is 12.1. The summed E-state index contributed by atoms with van der Waals surface area (Å²) in [5.74, 6) is 6.44. The first-order valence-corrected chi connectivity index (χ1v) is 14.9. The normalized spacial score (nSPS) is 34.5. The third-order valence-electron chi connectivity index (χ3n) is 9.89. The van der Waals surface area contributed by atoms with Gasteiger partial charge in [-0.1, -0.05) is 116 Å². The first-order valence-electron chi connectivity index (χ1n) is 14.9. The van der Waals surface area contributed by atoms with Crippen molar-refractivity contribution >= 4 is 0 Å². The van der Waals surface area contributed by atoms with Crippen LogP contribution in [0.25, 0.3) is 0 Å². The number of hydrogen-bond donors (Lipinski definition) is 0. The lowest BCUT2D eigenvalue weighted by atomic mass is 9.68. The van der Waals surface area contributed by atoms with E-state index in [0.717, 1.165) is 35.5 Å². The van der Waals surface area contributed by atoms with E-state index < -0.39 is 0 Å². The van der Waals surface area contributed by atoms with Crippen LogP contribution in [0, 0.1) is 35.5 Å². The lowest BCUT2D eigenvalue weighted by Crippen LogP contribution is -2.26. The SMILES string of the molecule is C=CCC[C@H]1CC[C@H](CCCC[C@H]2CC[C@H]([C@H]3CC[C@H](CCCCC)CC3)CC2)CC1. The Kier molecular flexibility index (Phi) is 12.1. The highest BCUT2D eigenvalue weighted by Crippen LogP contribution is 2.43. The van der Waals surface area contributed by atoms with Gasteiger partial charge in [-0.25, -0.2) is 0 Å². The highest BCUT2D eigenvalue weighted by Gasteiger charge is 2.30. The molecule has 0 aromatic heterocycles. The summed E-state index contributed by atoms with van der Waals surface area (Å²) >= 11 is 0. The van der Waals surface area contributed by atoms with Gasteiger partial charge >= 0.3 is 0 Å². The number of allylic oxidation sites excluding steroid dienone is 1. The van der Waals surface area contributed by atoms with Crippen molar-refractivity contribution in [2.75, 3.05) is 0 Å². The largest absolute Gasteiger partial charge is 0.103 e. The lowest BCUT2D eigenvalue weighted by Gasteiger charge is -2.38. The van der Waals surface area contributed by atoms with Crippen LogP contribution in [0.1, 0.15) is 148 Å². The second-order valence-electron chi connectivity index (χ2n) is 12.1. The van der Waals surface area contributed by atoms with Crippen LogP contribution in [0.4, 0.5) is 0 Å². The Morgan fingerprint density at radius 1 is 0.516 bits per heavy atom. The van der Waals surface area contributed by atoms with Crippen molar-refractivity contribution in [1.82, 2.24) is 0 Å². The first-order chi connectivity index (χ1) is 15.3. The molecule has 0 atom stereocenters. The molecule has 0 nitrogen and oxygen atoms in total. The minimum atomic E-state index is 1.01. The monoisotopic (exact) mass is 428 g/mol. The van der Waals surface area contributed by atoms with Crippen molar-refractivity contribution in [2.45, 2.75) is 148 Å². The Hall–Kier alpha value is -0.260. The smallest absolute Gasteiger partial charge is 0.0351 e. The van der Waals surface area contributed by atoms with Crippen molar-refractivity contribution in [2.24, 2.45) is 35.5 Å². The van der Waals surface area contributed by atoms with Crippen molar-refractivity contribution in [1.29, 1.82) is 0 Å². The minimum absolute atomic E-state index is 1.01. The molecule has 0 unspecified atom stereocenters. The molecule has 0 radical (unpaired) electrons. The predicted molar refractivity (Wildman–Crippen MR) is 138 cm³/mol. The van der Waals surface area contributed by atoms with E-state index in [-0.39, 0.29) is 0 Å². The maximum absolute atomic E-state index is 3.89. The molecule has 180 valence electrons. The third kappa shape index (κ3) is 9.25. The van der Waals surface area contributed by atoms with Gasteiger partial charge < -0.3 is 0 Å². The summed E-state index contributed by atoms with van der Waals surface area (Å²) in [6, 6.07) is 0. The van der Waals surface area contributed by atoms with Crippen molar-refractivity contribution in [3.05, 3.63) is 12.7 Å². The molecule has 0 bridgehead atoms. The fraction of sp³-hybridized carbons (Fsp3) is 0.935. The first kappa shape index (κ1) is 25.4. The van der Waals surface area contributed by atoms with E-state index in [2.05, 4.69) is 19.6 Å². The molecule has 3 saturated carbocycles. The average molecular weight is 429 g/mol. The second kappa shape index (κ2) is 14.8. The van der Waals surface area contributed by atoms with Gasteiger partial charge in [0.25, 0.3) is 0 Å². The van der Waals surface area contributed by atoms with E-state index in [1.165, 1.54) is 83.5 Å². The van der Waals surface area contributed by atoms with Crippen LogP contribution < -0.4 is 0 Å². The molecule has 0 heteroatoms. The average Bonchev–Trinajstić information content (AvgIpc) is 2.82. The van der Waals surface area contributed by atoms with Gasteiger partial charge in [0.15, 0.2) is 0 Å². The standard InChI is InChI=1S/C31H56/c1-3-5-7-11-28-18-22-30(23-19-28)31-24-20-29(21-25-31)13-9-8-12-27-16-14-26(15-17-27)10-6-4-2/h4,26-31H,2-3,5-25H2,1H3/t26-,27-,28-,29-,30-,31-. The van der Waals surface area contributed by atoms with Crippen LogP contribution in [-0.4, -0.2) is 0 Å². The third-order valence-corrected chi connectivity index (χ3v) is 9.89. The molecule has 0 spiro atoms. The zero-order chi connectivity index (χ0) is 21.7. The van der Waals surface area contributed by atoms with Gasteiger partial charge in [-0.15, -0.1) is 6.58 Å². The summed E-state index contributed by atoms with van der Waals surface area (Å²) in [6.07, 6.45) is 35.3. The maximum Gasteiger partial charge on any atom is -0.0351 e. The Bertz CT molecular complexity index is 441. The maximum atomic E-state index is 3.89. The van der Waals surface area contributed by atoms with Gasteiger partial charge in [0.1, 0.15) is 0 Å². The lowest BCUT2D eigenvalue weighted by molar-refractivity contribution is 0.139. The fourth-order valence-corrected chi connectivity index (χ4v) is 7.61. The van der Waals surface area contributed by atoms with Crippen LogP contribution in [-0.2, 0) is 0 Å². The molecule has 0 aliphatic heterocycles. The van der Waals surface area contributed by atoms with E-state index in [4.69, 9.17) is 0 Å². The van der Waals surface area contributed by atoms with Gasteiger partial charge in [0, 0.05) is 0 Å². The highest BCUT2D eigenvalue weighted by molar-refractivity contribution is 4.82. The topological polar surface area (TPSA) is 0 Å². The van der Waals surface area contributed by atoms with Crippen molar-refractivity contribution in [3.8, 4) is 0 Å². The summed E-state index contributed by atoms with van der Waals surface area (Å²) in [6.45, 7) is 6.23. The molecular formula is C31H56. The fourth-order valence-electron chi connectivity index (χ4n) is 7.61. The predicted octanol–water partition coefficient (Wildman–Crippen LogP) is 10.5. The number of rotatable bonds is 13. The molecule has 0 aromatic rings. The van der Waals surface area contributed by atoms with Gasteiger partial charge in [0.2, 0.25) is 0 Å². The molecule has 0 heterocycles. The molecular weight excluding hydrogens is 372 g/mol. The van der Waals surface area contributed by atoms with E-state index in [1.807, 2.05) is 0 Å². The molecule has 3 rings (SSSR count). The Labute approximate surface area is 196 Å². The molecule has 0 aromatic carbocycles. The molecule has 3 aliphatic rings. The minimum Gasteiger partial charge on any atom is -0.103 e. The summed E-state index contributed by atoms with van der Waals surface area (Å²) < 4.78 is 0. The van der Waals surface area contributed by atoms with Gasteiger partial charge in [0.05, 0.1) is 0 Å². The quantitative estimate of drug-likeness (QED) is 0.202. The van der Waals surface area contributed by atoms with Crippen LogP contribution in [0.2, 0.25) is 0 Å². The molecule has 31 heavy (non-hydrogen) atoms. The van der Waals surface area contributed by atoms with E-state index in [0.29, 0.717) is 0 Å². The Morgan fingerprint density at radius 2 is 0.871 bits per heavy atom. The summed E-state index contributed by atoms with van der Waals surface area (Å²) in [5.41, 5.74) is 0. The Morgan fingerprint density at radius 3 is 1.26 bits per heavy atom. The van der Waals surface area contributed by atoms with Crippen LogP contribution >= 0.6 is 0 Å². The van der Waals surface area contributed by atoms with Crippen molar-refractivity contribution in [3.63, 3.8) is 0 Å². The van der Waals surface area contributed by atoms with Gasteiger partial charge in [-0.3, -0.25) is 0 Å². The molecule has 0 N–H and O–H groups in total. The van der Waals surface area contributed by atoms with Crippen molar-refractivity contribution < 1.29 is 0 Å². The van der Waals surface area contributed by atoms with E-state index in [1.54, 1.807) is 57.8 Å². The summed E-state index contributed by atoms with van der Waals surface area (Å²) in [7, 11) is 0. The van der Waals surface area contributed by atoms with E-state index >= 15 is 0 Å². The van der Waals surface area contributed by atoms with Crippen LogP contribution in [0.3, 0.4) is 0 Å². The number of unbranched alkanes of at least 4 members (excludes halogenated alkanes) is 3. The van der Waals surface area contributed by atoms with Crippen LogP contribution in [0.15, 0.2) is 12.7 Å². The van der Waals surface area contributed by atoms with Gasteiger partial charge in [-0.05, 0) is 74.0 Å². The molecule has 0 amide bonds. The molecule has 3 aliphatic carbocycles. The number of hydrogen-bond acceptors (Lipinski definition) is 0. The summed E-state index contributed by atoms with van der Waals surface area (Å²) in [5, 5.41) is 0. The highest BCUT2D eigenvalue weighted by atomic mass is 14.4. The molecule has 3 fully saturated rings. The zero-order valence-electron chi connectivity index (χ0n) is 21.3. The zero-order valence-corrected chi connectivity index (χ0v) is 21.3. The van der Waals surface area contributed by atoms with Crippen LogP contribution in [0.5, 0.6) is 0 Å². The molecule has 0 saturated heterocycles. The Balaban J connectivity index is 1.19. The van der Waals surface area contributed by atoms with E-state index in [9.17, 15) is 0 Å². The van der Waals surface area contributed by atoms with Gasteiger partial charge in [-0.2, -0.15) is 0 Å². The summed E-state index contributed by atoms with van der Waals surface area (Å²) in [4.78, 5) is 0.